The van der Waals surface area contributed by atoms with Crippen molar-refractivity contribution in [1.82, 2.24) is 4.90 Å². The quantitative estimate of drug-likeness (QED) is 0.752. The lowest BCUT2D eigenvalue weighted by Crippen LogP contribution is -2.41. The molecule has 1 aromatic carbocycles. The van der Waals surface area contributed by atoms with Crippen LogP contribution in [0.3, 0.4) is 0 Å². The smallest absolute Gasteiger partial charge is 0.251 e. The lowest BCUT2D eigenvalue weighted by molar-refractivity contribution is -0.120. The summed E-state index contributed by atoms with van der Waals surface area (Å²) in [5.74, 6) is -1.10. The zero-order chi connectivity index (χ0) is 18.4. The minimum absolute atomic E-state index is 0.178. The highest BCUT2D eigenvalue weighted by Crippen LogP contribution is 2.23. The summed E-state index contributed by atoms with van der Waals surface area (Å²) < 4.78 is 18.9. The van der Waals surface area contributed by atoms with Gasteiger partial charge in [0.1, 0.15) is 11.6 Å². The molecule has 1 unspecified atom stereocenters. The number of hydrogen-bond acceptors (Lipinski definition) is 5. The summed E-state index contributed by atoms with van der Waals surface area (Å²) in [5.41, 5.74) is 5.55. The highest BCUT2D eigenvalue weighted by molar-refractivity contribution is 7.14. The molecule has 2 rings (SSSR count). The van der Waals surface area contributed by atoms with Crippen LogP contribution < -0.4 is 15.8 Å². The summed E-state index contributed by atoms with van der Waals surface area (Å²) in [7, 11) is 1.76. The third kappa shape index (κ3) is 5.01. The topological polar surface area (TPSA) is 84.7 Å². The normalized spacial score (nSPS) is 12.0. The van der Waals surface area contributed by atoms with E-state index in [-0.39, 0.29) is 23.8 Å². The van der Waals surface area contributed by atoms with Crippen LogP contribution in [-0.4, -0.2) is 43.0 Å². The molecule has 0 radical (unpaired) electrons. The number of carbonyl (C=O) groups is 2. The van der Waals surface area contributed by atoms with E-state index in [0.29, 0.717) is 11.5 Å². The molecule has 0 bridgehead atoms. The third-order valence-electron chi connectivity index (χ3n) is 3.75. The van der Waals surface area contributed by atoms with Crippen LogP contribution in [0.4, 0.5) is 9.39 Å². The maximum Gasteiger partial charge on any atom is 0.251 e. The van der Waals surface area contributed by atoms with Crippen molar-refractivity contribution in [2.75, 3.05) is 25.5 Å². The van der Waals surface area contributed by atoms with E-state index in [1.54, 1.807) is 48.5 Å². The second kappa shape index (κ2) is 8.59. The Kier molecular flexibility index (Phi) is 6.49. The number of thiophene rings is 1. The molecule has 8 heteroatoms. The number of primary amides is 1. The Hall–Kier alpha value is -2.45. The molecule has 25 heavy (non-hydrogen) atoms. The zero-order valence-electron chi connectivity index (χ0n) is 14.0. The fraction of sp³-hybridized carbons (Fsp3) is 0.294. The van der Waals surface area contributed by atoms with Crippen LogP contribution in [-0.2, 0) is 4.79 Å². The molecule has 0 aliphatic carbocycles. The number of nitrogens with one attached hydrogen (secondary N) is 1. The van der Waals surface area contributed by atoms with Crippen LogP contribution in [0.2, 0.25) is 0 Å². The van der Waals surface area contributed by atoms with E-state index in [9.17, 15) is 14.0 Å². The van der Waals surface area contributed by atoms with E-state index in [1.807, 2.05) is 0 Å². The fourth-order valence-electron chi connectivity index (χ4n) is 2.07. The van der Waals surface area contributed by atoms with Gasteiger partial charge in [0.25, 0.3) is 5.91 Å². The molecule has 0 saturated carbocycles. The average molecular weight is 365 g/mol. The summed E-state index contributed by atoms with van der Waals surface area (Å²) in [5, 5.41) is 4.82. The molecule has 1 aromatic heterocycles. The van der Waals surface area contributed by atoms with Crippen LogP contribution in [0.15, 0.2) is 35.7 Å². The number of rotatable bonds is 8. The lowest BCUT2D eigenvalue weighted by Gasteiger charge is -2.23. The van der Waals surface area contributed by atoms with E-state index in [2.05, 4.69) is 5.32 Å². The van der Waals surface area contributed by atoms with Crippen molar-refractivity contribution in [3.05, 3.63) is 47.1 Å². The summed E-state index contributed by atoms with van der Waals surface area (Å²) >= 11 is 1.23. The van der Waals surface area contributed by atoms with Crippen molar-refractivity contribution in [1.29, 1.82) is 0 Å². The summed E-state index contributed by atoms with van der Waals surface area (Å²) in [4.78, 5) is 25.4. The maximum atomic E-state index is 13.5. The average Bonchev–Trinajstić information content (AvgIpc) is 3.04. The Morgan fingerprint density at radius 1 is 1.36 bits per heavy atom. The second-order valence-corrected chi connectivity index (χ2v) is 6.37. The minimum atomic E-state index is -0.587. The largest absolute Gasteiger partial charge is 0.489 e. The van der Waals surface area contributed by atoms with Crippen LogP contribution in [0.1, 0.15) is 17.3 Å². The van der Waals surface area contributed by atoms with Gasteiger partial charge in [0.2, 0.25) is 5.91 Å². The fourth-order valence-corrected chi connectivity index (χ4v) is 2.87. The van der Waals surface area contributed by atoms with Gasteiger partial charge in [0, 0.05) is 6.54 Å². The predicted molar refractivity (Wildman–Crippen MR) is 95.5 cm³/mol. The van der Waals surface area contributed by atoms with Gasteiger partial charge in [-0.05, 0) is 37.6 Å². The molecule has 3 N–H and O–H groups in total. The minimum Gasteiger partial charge on any atom is -0.489 e. The Labute approximate surface area is 149 Å². The molecule has 0 saturated heterocycles. The monoisotopic (exact) mass is 365 g/mol. The summed E-state index contributed by atoms with van der Waals surface area (Å²) in [6.07, 6.45) is 0. The molecule has 0 spiro atoms. The maximum absolute atomic E-state index is 13.5. The van der Waals surface area contributed by atoms with E-state index in [0.717, 1.165) is 0 Å². The number of halogens is 1. The van der Waals surface area contributed by atoms with Crippen molar-refractivity contribution in [3.8, 4) is 5.75 Å². The van der Waals surface area contributed by atoms with Gasteiger partial charge >= 0.3 is 0 Å². The van der Waals surface area contributed by atoms with Crippen LogP contribution >= 0.6 is 11.3 Å². The van der Waals surface area contributed by atoms with Gasteiger partial charge in [-0.1, -0.05) is 12.1 Å². The second-order valence-electron chi connectivity index (χ2n) is 5.45. The Balaban J connectivity index is 1.85. The number of nitrogens with zero attached hydrogens (tertiary/aromatic N) is 1. The first-order chi connectivity index (χ1) is 11.9. The van der Waals surface area contributed by atoms with Gasteiger partial charge in [-0.15, -0.1) is 11.3 Å². The molecule has 2 amide bonds. The van der Waals surface area contributed by atoms with Gasteiger partial charge in [-0.2, -0.15) is 0 Å². The van der Waals surface area contributed by atoms with Crippen LogP contribution in [0.5, 0.6) is 5.75 Å². The number of para-hydroxylation sites is 1. The highest BCUT2D eigenvalue weighted by atomic mass is 32.1. The molecular weight excluding hydrogens is 345 g/mol. The number of amides is 2. The van der Waals surface area contributed by atoms with Crippen molar-refractivity contribution < 1.29 is 18.7 Å². The zero-order valence-corrected chi connectivity index (χ0v) is 14.8. The van der Waals surface area contributed by atoms with Gasteiger partial charge in [-0.3, -0.25) is 14.5 Å². The number of anilines is 1. The van der Waals surface area contributed by atoms with Gasteiger partial charge in [0.15, 0.2) is 11.6 Å². The molecule has 6 nitrogen and oxygen atoms in total. The number of hydrogen-bond donors (Lipinski definition) is 2. The number of nitrogens with two attached hydrogens (primary N) is 1. The number of benzene rings is 1. The Morgan fingerprint density at radius 2 is 2.08 bits per heavy atom. The molecular formula is C17H20FN3O3S. The van der Waals surface area contributed by atoms with E-state index in [4.69, 9.17) is 10.5 Å². The highest BCUT2D eigenvalue weighted by Gasteiger charge is 2.20. The molecule has 0 aliphatic heterocycles. The van der Waals surface area contributed by atoms with Gasteiger partial charge in [-0.25, -0.2) is 4.39 Å². The predicted octanol–water partition coefficient (Wildman–Crippen LogP) is 2.32. The molecule has 1 heterocycles. The first-order valence-corrected chi connectivity index (χ1v) is 8.54. The van der Waals surface area contributed by atoms with Gasteiger partial charge < -0.3 is 15.8 Å². The molecule has 2 aromatic rings. The number of carbonyl (C=O) groups excluding carboxylic acids is 2. The summed E-state index contributed by atoms with van der Waals surface area (Å²) in [6, 6.07) is 7.26. The van der Waals surface area contributed by atoms with Crippen molar-refractivity contribution in [3.63, 3.8) is 0 Å². The van der Waals surface area contributed by atoms with Crippen molar-refractivity contribution >= 4 is 28.2 Å². The first-order valence-electron chi connectivity index (χ1n) is 7.66. The van der Waals surface area contributed by atoms with E-state index < -0.39 is 17.8 Å². The Bertz CT molecular complexity index is 750. The summed E-state index contributed by atoms with van der Waals surface area (Å²) in [6.45, 7) is 2.40. The lowest BCUT2D eigenvalue weighted by atomic mass is 10.2. The number of likely N-dealkylation sites (N-methyl/N-ethyl adjacent to an activating group) is 1. The van der Waals surface area contributed by atoms with E-state index in [1.165, 1.54) is 17.4 Å². The molecule has 134 valence electrons. The van der Waals surface area contributed by atoms with E-state index >= 15 is 0 Å². The number of ether oxygens (including phenoxy) is 1. The molecule has 0 fully saturated rings. The van der Waals surface area contributed by atoms with Gasteiger partial charge in [0.05, 0.1) is 11.6 Å². The Morgan fingerprint density at radius 3 is 2.76 bits per heavy atom. The molecule has 1 atom stereocenters. The first kappa shape index (κ1) is 18.9. The standard InChI is InChI=1S/C17H20FN3O3S/c1-11(16(23)20-17-12(15(19)22)7-10-25-17)21(2)8-9-24-14-6-4-3-5-13(14)18/h3-7,10-11H,8-9H2,1-2H3,(H2,19,22)(H,20,23). The van der Waals surface area contributed by atoms with Crippen molar-refractivity contribution in [2.45, 2.75) is 13.0 Å². The SMILES string of the molecule is CC(C(=O)Nc1sccc1C(N)=O)N(C)CCOc1ccccc1F. The van der Waals surface area contributed by atoms with Crippen LogP contribution in [0.25, 0.3) is 0 Å². The van der Waals surface area contributed by atoms with Crippen molar-refractivity contribution in [2.24, 2.45) is 5.73 Å². The third-order valence-corrected chi connectivity index (χ3v) is 4.58. The van der Waals surface area contributed by atoms with Crippen LogP contribution in [0, 0.1) is 5.82 Å². The molecule has 0 aliphatic rings.